The minimum Gasteiger partial charge on any atom is -0.382 e. The second-order valence-electron chi connectivity index (χ2n) is 5.36. The SMILES string of the molecule is CCC1(CC)C(N)CC1OCCOCCOCCOC. The van der Waals surface area contributed by atoms with Gasteiger partial charge in [-0.25, -0.2) is 0 Å². The van der Waals surface area contributed by atoms with E-state index in [1.54, 1.807) is 7.11 Å². The van der Waals surface area contributed by atoms with Gasteiger partial charge >= 0.3 is 0 Å². The van der Waals surface area contributed by atoms with Crippen LogP contribution in [0.15, 0.2) is 0 Å². The van der Waals surface area contributed by atoms with E-state index in [2.05, 4.69) is 13.8 Å². The first-order chi connectivity index (χ1) is 9.71. The molecule has 1 fully saturated rings. The van der Waals surface area contributed by atoms with Gasteiger partial charge in [0.15, 0.2) is 0 Å². The van der Waals surface area contributed by atoms with Crippen LogP contribution in [0, 0.1) is 5.41 Å². The Morgan fingerprint density at radius 1 is 0.950 bits per heavy atom. The lowest BCUT2D eigenvalue weighted by Crippen LogP contribution is -2.61. The summed E-state index contributed by atoms with van der Waals surface area (Å²) in [5, 5.41) is 0. The fraction of sp³-hybridized carbons (Fsp3) is 1.00. The predicted molar refractivity (Wildman–Crippen MR) is 78.9 cm³/mol. The summed E-state index contributed by atoms with van der Waals surface area (Å²) in [6, 6.07) is 0.289. The molecule has 0 aromatic rings. The molecule has 1 saturated carbocycles. The van der Waals surface area contributed by atoms with Crippen molar-refractivity contribution < 1.29 is 18.9 Å². The van der Waals surface area contributed by atoms with Crippen LogP contribution in [-0.2, 0) is 18.9 Å². The van der Waals surface area contributed by atoms with Gasteiger partial charge in [-0.05, 0) is 19.3 Å². The minimum absolute atomic E-state index is 0.184. The molecule has 2 atom stereocenters. The summed E-state index contributed by atoms with van der Waals surface area (Å²) < 4.78 is 21.6. The molecule has 0 amide bonds. The van der Waals surface area contributed by atoms with Gasteiger partial charge in [0.2, 0.25) is 0 Å². The number of hydrogen-bond acceptors (Lipinski definition) is 5. The minimum atomic E-state index is 0.184. The molecule has 2 unspecified atom stereocenters. The summed E-state index contributed by atoms with van der Waals surface area (Å²) in [7, 11) is 1.66. The molecule has 0 spiro atoms. The molecule has 0 saturated heterocycles. The molecule has 20 heavy (non-hydrogen) atoms. The summed E-state index contributed by atoms with van der Waals surface area (Å²) in [5.41, 5.74) is 6.32. The zero-order chi connectivity index (χ0) is 14.8. The average molecular weight is 289 g/mol. The topological polar surface area (TPSA) is 62.9 Å². The smallest absolute Gasteiger partial charge is 0.0704 e. The Bertz CT molecular complexity index is 246. The Labute approximate surface area is 123 Å². The van der Waals surface area contributed by atoms with Crippen LogP contribution < -0.4 is 5.73 Å². The normalized spacial score (nSPS) is 24.6. The maximum absolute atomic E-state index is 6.14. The van der Waals surface area contributed by atoms with E-state index in [0.29, 0.717) is 45.7 Å². The van der Waals surface area contributed by atoms with Gasteiger partial charge in [0.25, 0.3) is 0 Å². The molecule has 1 rings (SSSR count). The molecule has 5 nitrogen and oxygen atoms in total. The van der Waals surface area contributed by atoms with Gasteiger partial charge in [-0.2, -0.15) is 0 Å². The van der Waals surface area contributed by atoms with Crippen LogP contribution in [0.25, 0.3) is 0 Å². The largest absolute Gasteiger partial charge is 0.382 e. The van der Waals surface area contributed by atoms with Crippen molar-refractivity contribution in [2.45, 2.75) is 45.3 Å². The van der Waals surface area contributed by atoms with Crippen molar-refractivity contribution in [1.82, 2.24) is 0 Å². The van der Waals surface area contributed by atoms with Gasteiger partial charge < -0.3 is 24.7 Å². The molecular formula is C15H31NO4. The monoisotopic (exact) mass is 289 g/mol. The predicted octanol–water partition coefficient (Wildman–Crippen LogP) is 1.59. The zero-order valence-electron chi connectivity index (χ0n) is 13.2. The quantitative estimate of drug-likeness (QED) is 0.553. The Morgan fingerprint density at radius 3 is 2.00 bits per heavy atom. The van der Waals surface area contributed by atoms with Gasteiger partial charge in [-0.15, -0.1) is 0 Å². The van der Waals surface area contributed by atoms with Crippen LogP contribution in [0.1, 0.15) is 33.1 Å². The van der Waals surface area contributed by atoms with Gasteiger partial charge in [0.05, 0.1) is 45.7 Å². The van der Waals surface area contributed by atoms with Crippen molar-refractivity contribution >= 4 is 0 Å². The van der Waals surface area contributed by atoms with Crippen molar-refractivity contribution in [1.29, 1.82) is 0 Å². The third kappa shape index (κ3) is 4.67. The highest BCUT2D eigenvalue weighted by atomic mass is 16.6. The summed E-state index contributed by atoms with van der Waals surface area (Å²) in [6.45, 7) is 8.10. The maximum atomic E-state index is 6.14. The first kappa shape index (κ1) is 17.9. The fourth-order valence-electron chi connectivity index (χ4n) is 2.96. The Morgan fingerprint density at radius 2 is 1.50 bits per heavy atom. The van der Waals surface area contributed by atoms with E-state index in [1.165, 1.54) is 0 Å². The van der Waals surface area contributed by atoms with Crippen molar-refractivity contribution in [3.8, 4) is 0 Å². The molecule has 5 heteroatoms. The van der Waals surface area contributed by atoms with Gasteiger partial charge in [0, 0.05) is 18.6 Å². The summed E-state index contributed by atoms with van der Waals surface area (Å²) in [5.74, 6) is 0. The van der Waals surface area contributed by atoms with E-state index in [4.69, 9.17) is 24.7 Å². The molecular weight excluding hydrogens is 258 g/mol. The zero-order valence-corrected chi connectivity index (χ0v) is 13.2. The van der Waals surface area contributed by atoms with Crippen molar-refractivity contribution in [2.75, 3.05) is 46.8 Å². The molecule has 1 aliphatic carbocycles. The molecule has 0 aromatic heterocycles. The highest BCUT2D eigenvalue weighted by Crippen LogP contribution is 2.47. The van der Waals surface area contributed by atoms with Gasteiger partial charge in [-0.3, -0.25) is 0 Å². The molecule has 1 aliphatic rings. The lowest BCUT2D eigenvalue weighted by atomic mass is 9.59. The standard InChI is InChI=1S/C15H31NO4/c1-4-15(5-2)13(16)12-14(15)20-11-10-19-9-8-18-7-6-17-3/h13-14H,4-12,16H2,1-3H3. The lowest BCUT2D eigenvalue weighted by molar-refractivity contribution is -0.140. The lowest BCUT2D eigenvalue weighted by Gasteiger charge is -2.53. The fourth-order valence-corrected chi connectivity index (χ4v) is 2.96. The number of ether oxygens (including phenoxy) is 4. The van der Waals surface area contributed by atoms with Crippen LogP contribution in [0.2, 0.25) is 0 Å². The van der Waals surface area contributed by atoms with Crippen LogP contribution in [0.3, 0.4) is 0 Å². The van der Waals surface area contributed by atoms with E-state index in [0.717, 1.165) is 19.3 Å². The number of nitrogens with two attached hydrogens (primary N) is 1. The summed E-state index contributed by atoms with van der Waals surface area (Å²) in [4.78, 5) is 0. The van der Waals surface area contributed by atoms with E-state index in [1.807, 2.05) is 0 Å². The first-order valence-corrected chi connectivity index (χ1v) is 7.72. The summed E-state index contributed by atoms with van der Waals surface area (Å²) in [6.07, 6.45) is 3.45. The molecule has 0 aromatic carbocycles. The summed E-state index contributed by atoms with van der Waals surface area (Å²) >= 11 is 0. The number of methoxy groups -OCH3 is 1. The van der Waals surface area contributed by atoms with E-state index >= 15 is 0 Å². The molecule has 2 N–H and O–H groups in total. The Kier molecular flexibility index (Phi) is 8.64. The molecule has 0 bridgehead atoms. The highest BCUT2D eigenvalue weighted by molar-refractivity contribution is 5.05. The second kappa shape index (κ2) is 9.68. The maximum Gasteiger partial charge on any atom is 0.0704 e. The molecule has 0 aliphatic heterocycles. The van der Waals surface area contributed by atoms with Crippen LogP contribution >= 0.6 is 0 Å². The number of rotatable bonds is 12. The molecule has 0 heterocycles. The third-order valence-electron chi connectivity index (χ3n) is 4.51. The van der Waals surface area contributed by atoms with Crippen LogP contribution in [-0.4, -0.2) is 58.9 Å². The van der Waals surface area contributed by atoms with Crippen LogP contribution in [0.4, 0.5) is 0 Å². The van der Waals surface area contributed by atoms with Crippen molar-refractivity contribution in [3.63, 3.8) is 0 Å². The third-order valence-corrected chi connectivity index (χ3v) is 4.51. The molecule has 120 valence electrons. The van der Waals surface area contributed by atoms with Crippen molar-refractivity contribution in [2.24, 2.45) is 11.1 Å². The molecule has 0 radical (unpaired) electrons. The first-order valence-electron chi connectivity index (χ1n) is 7.72. The number of hydrogen-bond donors (Lipinski definition) is 1. The highest BCUT2D eigenvalue weighted by Gasteiger charge is 2.51. The van der Waals surface area contributed by atoms with Gasteiger partial charge in [0.1, 0.15) is 0 Å². The van der Waals surface area contributed by atoms with E-state index in [9.17, 15) is 0 Å². The van der Waals surface area contributed by atoms with E-state index in [-0.39, 0.29) is 11.5 Å². The average Bonchev–Trinajstić information content (AvgIpc) is 2.45. The second-order valence-corrected chi connectivity index (χ2v) is 5.36. The van der Waals surface area contributed by atoms with Gasteiger partial charge in [-0.1, -0.05) is 13.8 Å². The van der Waals surface area contributed by atoms with E-state index < -0.39 is 0 Å². The van der Waals surface area contributed by atoms with Crippen molar-refractivity contribution in [3.05, 3.63) is 0 Å². The van der Waals surface area contributed by atoms with Crippen LogP contribution in [0.5, 0.6) is 0 Å². The Hall–Kier alpha value is -0.200. The Balaban J connectivity index is 1.99.